The van der Waals surface area contributed by atoms with E-state index in [9.17, 15) is 0 Å². The Morgan fingerprint density at radius 2 is 1.39 bits per heavy atom. The highest BCUT2D eigenvalue weighted by Gasteiger charge is 2.17. The Morgan fingerprint density at radius 3 is 2.06 bits per heavy atom. The molecular weight excluding hydrogens is 410 g/mol. The number of benzene rings is 3. The molecule has 0 aliphatic carbocycles. The number of aromatic amines is 1. The molecule has 1 aromatic heterocycles. The fourth-order valence-corrected chi connectivity index (χ4v) is 3.61. The molecule has 3 aromatic carbocycles. The van der Waals surface area contributed by atoms with E-state index < -0.39 is 0 Å². The Bertz CT molecular complexity index is 1240. The second kappa shape index (κ2) is 8.97. The number of nitrogens with one attached hydrogen (secondary N) is 3. The fourth-order valence-electron chi connectivity index (χ4n) is 3.34. The van der Waals surface area contributed by atoms with Crippen LogP contribution in [0.3, 0.4) is 0 Å². The molecule has 0 spiro atoms. The first-order chi connectivity index (χ1) is 15.1. The van der Waals surface area contributed by atoms with Crippen molar-refractivity contribution in [3.05, 3.63) is 72.4 Å². The van der Waals surface area contributed by atoms with Crippen LogP contribution >= 0.6 is 12.2 Å². The van der Waals surface area contributed by atoms with E-state index in [0.717, 1.165) is 50.9 Å². The van der Waals surface area contributed by atoms with E-state index in [1.807, 2.05) is 66.7 Å². The first kappa shape index (κ1) is 20.6. The van der Waals surface area contributed by atoms with Gasteiger partial charge in [0.2, 0.25) is 0 Å². The van der Waals surface area contributed by atoms with Crippen LogP contribution in [0.25, 0.3) is 10.9 Å². The average Bonchev–Trinajstić information content (AvgIpc) is 3.16. The van der Waals surface area contributed by atoms with Crippen LogP contribution < -0.4 is 24.8 Å². The minimum atomic E-state index is 0.550. The van der Waals surface area contributed by atoms with Gasteiger partial charge in [0.25, 0.3) is 0 Å². The lowest BCUT2D eigenvalue weighted by molar-refractivity contribution is 0.415. The molecule has 31 heavy (non-hydrogen) atoms. The predicted molar refractivity (Wildman–Crippen MR) is 129 cm³/mol. The van der Waals surface area contributed by atoms with E-state index in [0.29, 0.717) is 4.99 Å². The van der Waals surface area contributed by atoms with Crippen LogP contribution in [-0.2, 0) is 0 Å². The van der Waals surface area contributed by atoms with Gasteiger partial charge in [-0.2, -0.15) is 0 Å². The van der Waals surface area contributed by atoms with Crippen molar-refractivity contribution in [3.8, 4) is 17.2 Å². The lowest BCUT2D eigenvalue weighted by Crippen LogP contribution is -2.12. The molecule has 0 aliphatic heterocycles. The van der Waals surface area contributed by atoms with Gasteiger partial charge in [0.05, 0.1) is 38.2 Å². The van der Waals surface area contributed by atoms with Gasteiger partial charge in [-0.15, -0.1) is 0 Å². The third kappa shape index (κ3) is 4.41. The maximum absolute atomic E-state index is 5.76. The zero-order valence-electron chi connectivity index (χ0n) is 17.5. The molecule has 0 saturated heterocycles. The van der Waals surface area contributed by atoms with Crippen LogP contribution in [0, 0.1) is 0 Å². The summed E-state index contributed by atoms with van der Waals surface area (Å²) in [5, 5.41) is 7.78. The number of hydrogen-bond donors (Lipinski definition) is 3. The van der Waals surface area contributed by atoms with Gasteiger partial charge in [-0.3, -0.25) is 0 Å². The number of aromatic nitrogens is 1. The van der Waals surface area contributed by atoms with Crippen LogP contribution in [-0.4, -0.2) is 31.3 Å². The molecule has 0 saturated carbocycles. The summed E-state index contributed by atoms with van der Waals surface area (Å²) in [6, 6.07) is 21.3. The van der Waals surface area contributed by atoms with E-state index in [2.05, 4.69) is 15.6 Å². The van der Waals surface area contributed by atoms with Crippen molar-refractivity contribution in [2.24, 2.45) is 0 Å². The largest absolute Gasteiger partial charge is 0.497 e. The Balaban J connectivity index is 1.75. The highest BCUT2D eigenvalue weighted by atomic mass is 32.1. The third-order valence-corrected chi connectivity index (χ3v) is 5.21. The molecule has 0 unspecified atom stereocenters. The number of hydrogen-bond acceptors (Lipinski definition) is 5. The normalized spacial score (nSPS) is 10.5. The van der Waals surface area contributed by atoms with Gasteiger partial charge in [-0.25, -0.2) is 0 Å². The van der Waals surface area contributed by atoms with Crippen LogP contribution in [0.2, 0.25) is 0 Å². The van der Waals surface area contributed by atoms with Crippen molar-refractivity contribution in [1.82, 2.24) is 4.98 Å². The third-order valence-electron chi connectivity index (χ3n) is 4.90. The molecule has 4 rings (SSSR count). The van der Waals surface area contributed by atoms with Crippen molar-refractivity contribution in [2.45, 2.75) is 0 Å². The summed E-state index contributed by atoms with van der Waals surface area (Å²) < 4.78 is 16.0. The Hall–Kier alpha value is -3.71. The SMILES string of the molecule is COc1cccc(NC(=S)c2[nH]c3cc(OC)ccc3c2Nc2cccc(OC)c2)c1. The monoisotopic (exact) mass is 433 g/mol. The second-order valence-corrected chi connectivity index (χ2v) is 7.24. The highest BCUT2D eigenvalue weighted by molar-refractivity contribution is 7.81. The Kier molecular flexibility index (Phi) is 5.95. The summed E-state index contributed by atoms with van der Waals surface area (Å²) in [7, 11) is 4.93. The van der Waals surface area contributed by atoms with Gasteiger partial charge in [-0.1, -0.05) is 24.4 Å². The lowest BCUT2D eigenvalue weighted by atomic mass is 10.2. The topological polar surface area (TPSA) is 67.5 Å². The first-order valence-corrected chi connectivity index (χ1v) is 10.1. The first-order valence-electron chi connectivity index (χ1n) is 9.67. The maximum Gasteiger partial charge on any atom is 0.129 e. The molecule has 6 nitrogen and oxygen atoms in total. The average molecular weight is 434 g/mol. The number of fused-ring (bicyclic) bond motifs is 1. The summed E-state index contributed by atoms with van der Waals surface area (Å²) in [4.78, 5) is 3.98. The van der Waals surface area contributed by atoms with Crippen molar-refractivity contribution >= 4 is 45.2 Å². The molecule has 7 heteroatoms. The second-order valence-electron chi connectivity index (χ2n) is 6.83. The summed E-state index contributed by atoms with van der Waals surface area (Å²) in [5.74, 6) is 2.29. The van der Waals surface area contributed by atoms with Gasteiger partial charge >= 0.3 is 0 Å². The predicted octanol–water partition coefficient (Wildman–Crippen LogP) is 5.72. The molecule has 0 bridgehead atoms. The molecule has 3 N–H and O–H groups in total. The van der Waals surface area contributed by atoms with Crippen LogP contribution in [0.1, 0.15) is 5.69 Å². The molecule has 0 fully saturated rings. The summed E-state index contributed by atoms with van der Waals surface area (Å²) in [5.41, 5.74) is 4.28. The molecular formula is C24H23N3O3S. The number of H-pyrrole nitrogens is 1. The summed E-state index contributed by atoms with van der Waals surface area (Å²) in [6.07, 6.45) is 0. The minimum Gasteiger partial charge on any atom is -0.497 e. The van der Waals surface area contributed by atoms with E-state index in [-0.39, 0.29) is 0 Å². The Labute approximate surface area is 186 Å². The molecule has 0 atom stereocenters. The summed E-state index contributed by atoms with van der Waals surface area (Å²) in [6.45, 7) is 0. The molecule has 1 heterocycles. The fraction of sp³-hybridized carbons (Fsp3) is 0.125. The number of rotatable bonds is 7. The number of ether oxygens (including phenoxy) is 3. The molecule has 158 valence electrons. The Morgan fingerprint density at radius 1 is 0.774 bits per heavy atom. The van der Waals surface area contributed by atoms with Crippen molar-refractivity contribution in [1.29, 1.82) is 0 Å². The van der Waals surface area contributed by atoms with E-state index in [1.165, 1.54) is 0 Å². The van der Waals surface area contributed by atoms with E-state index in [1.54, 1.807) is 21.3 Å². The quantitative estimate of drug-likeness (QED) is 0.324. The molecule has 4 aromatic rings. The van der Waals surface area contributed by atoms with Crippen LogP contribution in [0.15, 0.2) is 66.7 Å². The minimum absolute atomic E-state index is 0.550. The van der Waals surface area contributed by atoms with Crippen LogP contribution in [0.5, 0.6) is 17.2 Å². The van der Waals surface area contributed by atoms with E-state index >= 15 is 0 Å². The van der Waals surface area contributed by atoms with Crippen LogP contribution in [0.4, 0.5) is 17.1 Å². The number of methoxy groups -OCH3 is 3. The smallest absolute Gasteiger partial charge is 0.129 e. The molecule has 0 amide bonds. The van der Waals surface area contributed by atoms with Gasteiger partial charge in [-0.05, 0) is 36.4 Å². The van der Waals surface area contributed by atoms with Gasteiger partial charge in [0.15, 0.2) is 0 Å². The van der Waals surface area contributed by atoms with Crippen molar-refractivity contribution in [3.63, 3.8) is 0 Å². The lowest BCUT2D eigenvalue weighted by Gasteiger charge is -2.12. The zero-order valence-corrected chi connectivity index (χ0v) is 18.3. The maximum atomic E-state index is 5.76. The van der Waals surface area contributed by atoms with E-state index in [4.69, 9.17) is 26.4 Å². The zero-order chi connectivity index (χ0) is 21.8. The number of thiocarbonyl (C=S) groups is 1. The van der Waals surface area contributed by atoms with Crippen molar-refractivity contribution < 1.29 is 14.2 Å². The number of anilines is 3. The van der Waals surface area contributed by atoms with Gasteiger partial charge < -0.3 is 29.8 Å². The summed E-state index contributed by atoms with van der Waals surface area (Å²) >= 11 is 5.76. The standard InChI is InChI=1S/C24H23N3O3S/c1-28-17-8-4-6-15(12-17)25-22-20-11-10-19(30-3)14-21(20)27-23(22)24(31)26-16-7-5-9-18(13-16)29-2/h4-14,25,27H,1-3H3,(H,26,31). The van der Waals surface area contributed by atoms with Gasteiger partial charge in [0.1, 0.15) is 22.2 Å². The van der Waals surface area contributed by atoms with Gasteiger partial charge in [0, 0.05) is 35.0 Å². The molecule has 0 aliphatic rings. The molecule has 0 radical (unpaired) electrons. The van der Waals surface area contributed by atoms with Crippen molar-refractivity contribution in [2.75, 3.05) is 32.0 Å². The highest BCUT2D eigenvalue weighted by Crippen LogP contribution is 2.34.